The molecule has 7 nitrogen and oxygen atoms in total. The van der Waals surface area contributed by atoms with Crippen molar-refractivity contribution in [1.29, 1.82) is 0 Å². The largest absolute Gasteiger partial charge is 0.338 e. The predicted octanol–water partition coefficient (Wildman–Crippen LogP) is 3.01. The lowest BCUT2D eigenvalue weighted by atomic mass is 10.1. The molecule has 11 heteroatoms. The fraction of sp³-hybridized carbons (Fsp3) is 0.421. The van der Waals surface area contributed by atoms with E-state index in [1.165, 1.54) is 11.3 Å². The Balaban J connectivity index is 1.36. The van der Waals surface area contributed by atoms with Crippen LogP contribution in [0.2, 0.25) is 10.0 Å². The van der Waals surface area contributed by atoms with E-state index in [0.29, 0.717) is 28.0 Å². The molecule has 2 unspecified atom stereocenters. The van der Waals surface area contributed by atoms with Crippen LogP contribution < -0.4 is 5.32 Å². The van der Waals surface area contributed by atoms with Crippen LogP contribution in [0.1, 0.15) is 23.3 Å². The number of carbonyl (C=O) groups is 2. The van der Waals surface area contributed by atoms with Gasteiger partial charge in [-0.05, 0) is 30.2 Å². The van der Waals surface area contributed by atoms with Crippen molar-refractivity contribution in [3.05, 3.63) is 44.9 Å². The van der Waals surface area contributed by atoms with Crippen molar-refractivity contribution in [1.82, 2.24) is 9.88 Å². The second-order valence-corrected chi connectivity index (χ2v) is 11.8. The Morgan fingerprint density at radius 2 is 2.00 bits per heavy atom. The molecule has 2 atom stereocenters. The van der Waals surface area contributed by atoms with Crippen LogP contribution in [0.4, 0.5) is 5.13 Å². The lowest BCUT2D eigenvalue weighted by Crippen LogP contribution is -2.38. The molecule has 0 radical (unpaired) electrons. The minimum atomic E-state index is -3.09. The van der Waals surface area contributed by atoms with Gasteiger partial charge in [0.05, 0.1) is 17.4 Å². The average molecular weight is 488 g/mol. The number of hydrogen-bond acceptors (Lipinski definition) is 6. The minimum absolute atomic E-state index is 0.0174. The summed E-state index contributed by atoms with van der Waals surface area (Å²) in [4.78, 5) is 31.7. The molecule has 1 aromatic carbocycles. The van der Waals surface area contributed by atoms with Crippen LogP contribution in [-0.2, 0) is 25.8 Å². The molecule has 1 N–H and O–H groups in total. The molecule has 30 heavy (non-hydrogen) atoms. The van der Waals surface area contributed by atoms with Crippen LogP contribution in [0.15, 0.2) is 24.4 Å². The monoisotopic (exact) mass is 487 g/mol. The quantitative estimate of drug-likeness (QED) is 0.698. The van der Waals surface area contributed by atoms with Crippen molar-refractivity contribution in [2.75, 3.05) is 23.4 Å². The zero-order valence-electron chi connectivity index (χ0n) is 15.8. The molecule has 2 amide bonds. The average Bonchev–Trinajstić information content (AvgIpc) is 3.33. The molecule has 2 aliphatic rings. The zero-order chi connectivity index (χ0) is 21.5. The van der Waals surface area contributed by atoms with Gasteiger partial charge in [-0.2, -0.15) is 0 Å². The predicted molar refractivity (Wildman–Crippen MR) is 117 cm³/mol. The fourth-order valence-corrected chi connectivity index (χ4v) is 7.00. The number of hydrogen-bond donors (Lipinski definition) is 1. The van der Waals surface area contributed by atoms with E-state index in [4.69, 9.17) is 23.2 Å². The molecule has 3 heterocycles. The van der Waals surface area contributed by atoms with Gasteiger partial charge in [0.2, 0.25) is 11.8 Å². The van der Waals surface area contributed by atoms with Gasteiger partial charge in [0.15, 0.2) is 15.0 Å². The van der Waals surface area contributed by atoms with Crippen LogP contribution in [-0.4, -0.2) is 54.2 Å². The Bertz CT molecular complexity index is 1080. The molecule has 2 aromatic rings. The summed E-state index contributed by atoms with van der Waals surface area (Å²) in [6.45, 7) is 0.240. The summed E-state index contributed by atoms with van der Waals surface area (Å²) in [7, 11) is -3.09. The summed E-state index contributed by atoms with van der Waals surface area (Å²) in [6.07, 6.45) is 2.79. The van der Waals surface area contributed by atoms with Gasteiger partial charge in [-0.1, -0.05) is 23.2 Å². The highest BCUT2D eigenvalue weighted by Crippen LogP contribution is 2.29. The molecular weight excluding hydrogens is 469 g/mol. The second-order valence-electron chi connectivity index (χ2n) is 7.58. The molecule has 4 rings (SSSR count). The summed E-state index contributed by atoms with van der Waals surface area (Å²) in [5.41, 5.74) is 0.942. The van der Waals surface area contributed by atoms with Crippen molar-refractivity contribution in [3.63, 3.8) is 0 Å². The van der Waals surface area contributed by atoms with Gasteiger partial charge < -0.3 is 10.2 Å². The maximum atomic E-state index is 12.6. The molecule has 2 aliphatic heterocycles. The Kier molecular flexibility index (Phi) is 6.07. The van der Waals surface area contributed by atoms with Crippen LogP contribution in [0, 0.1) is 5.92 Å². The van der Waals surface area contributed by atoms with Gasteiger partial charge in [0, 0.05) is 46.5 Å². The van der Waals surface area contributed by atoms with E-state index in [9.17, 15) is 18.0 Å². The first-order valence-electron chi connectivity index (χ1n) is 9.39. The third-order valence-electron chi connectivity index (χ3n) is 5.26. The van der Waals surface area contributed by atoms with Crippen molar-refractivity contribution in [2.45, 2.75) is 25.3 Å². The van der Waals surface area contributed by atoms with E-state index in [0.717, 1.165) is 10.4 Å². The molecule has 0 aliphatic carbocycles. The number of amides is 2. The number of anilines is 1. The highest BCUT2D eigenvalue weighted by Gasteiger charge is 2.42. The first kappa shape index (κ1) is 21.5. The van der Waals surface area contributed by atoms with Crippen LogP contribution >= 0.6 is 34.5 Å². The molecule has 0 bridgehead atoms. The smallest absolute Gasteiger partial charge is 0.231 e. The summed E-state index contributed by atoms with van der Waals surface area (Å²) in [5, 5.41) is 4.35. The molecule has 160 valence electrons. The highest BCUT2D eigenvalue weighted by atomic mass is 35.5. The number of halogens is 2. The van der Waals surface area contributed by atoms with Crippen LogP contribution in [0.3, 0.4) is 0 Å². The molecule has 2 fully saturated rings. The van der Waals surface area contributed by atoms with Gasteiger partial charge in [-0.25, -0.2) is 13.4 Å². The normalized spacial score (nSPS) is 23.1. The van der Waals surface area contributed by atoms with Crippen molar-refractivity contribution >= 4 is 61.3 Å². The number of thiazole rings is 1. The van der Waals surface area contributed by atoms with Gasteiger partial charge in [-0.15, -0.1) is 11.3 Å². The van der Waals surface area contributed by atoms with E-state index in [-0.39, 0.29) is 42.3 Å². The van der Waals surface area contributed by atoms with Crippen LogP contribution in [0.5, 0.6) is 0 Å². The zero-order valence-corrected chi connectivity index (χ0v) is 19.0. The van der Waals surface area contributed by atoms with E-state index < -0.39 is 15.8 Å². The summed E-state index contributed by atoms with van der Waals surface area (Å²) < 4.78 is 23.4. The summed E-state index contributed by atoms with van der Waals surface area (Å²) in [5.74, 6) is -0.887. The lowest BCUT2D eigenvalue weighted by Gasteiger charge is -2.22. The fourth-order valence-electron chi connectivity index (χ4n) is 3.85. The lowest BCUT2D eigenvalue weighted by molar-refractivity contribution is -0.129. The van der Waals surface area contributed by atoms with Crippen molar-refractivity contribution in [3.8, 4) is 0 Å². The third kappa shape index (κ3) is 4.96. The third-order valence-corrected chi connectivity index (χ3v) is 8.36. The molecule has 0 spiro atoms. The van der Waals surface area contributed by atoms with E-state index >= 15 is 0 Å². The Morgan fingerprint density at radius 1 is 1.27 bits per heavy atom. The number of nitrogens with zero attached hydrogens (tertiary/aromatic N) is 2. The topological polar surface area (TPSA) is 96.4 Å². The van der Waals surface area contributed by atoms with E-state index in [2.05, 4.69) is 10.3 Å². The SMILES string of the molecule is O=C(Nc1ncc(Cc2cc(Cl)cc(Cl)c2)s1)C1CC(=O)N(C2CCS(=O)(=O)C2)C1. The number of nitrogens with one attached hydrogen (secondary N) is 1. The number of carbonyl (C=O) groups excluding carboxylic acids is 2. The van der Waals surface area contributed by atoms with Gasteiger partial charge in [0.1, 0.15) is 0 Å². The van der Waals surface area contributed by atoms with E-state index in [1.807, 2.05) is 12.1 Å². The first-order valence-corrected chi connectivity index (χ1v) is 12.8. The van der Waals surface area contributed by atoms with Crippen LogP contribution in [0.25, 0.3) is 0 Å². The molecule has 0 saturated carbocycles. The Hall–Kier alpha value is -1.68. The van der Waals surface area contributed by atoms with Crippen molar-refractivity contribution in [2.24, 2.45) is 5.92 Å². The van der Waals surface area contributed by atoms with Crippen molar-refractivity contribution < 1.29 is 18.0 Å². The maximum absolute atomic E-state index is 12.6. The second kappa shape index (κ2) is 8.45. The number of likely N-dealkylation sites (tertiary alicyclic amines) is 1. The first-order chi connectivity index (χ1) is 14.2. The van der Waals surface area contributed by atoms with Gasteiger partial charge in [0.25, 0.3) is 0 Å². The molecule has 1 aromatic heterocycles. The summed E-state index contributed by atoms with van der Waals surface area (Å²) in [6, 6.07) is 5.00. The number of aromatic nitrogens is 1. The maximum Gasteiger partial charge on any atom is 0.231 e. The molecular formula is C19H19Cl2N3O4S2. The standard InChI is InChI=1S/C19H19Cl2N3O4S2/c20-13-3-11(4-14(21)7-13)5-16-8-22-19(29-16)23-18(26)12-6-17(25)24(9-12)15-1-2-30(27,28)10-15/h3-4,7-8,12,15H,1-2,5-6,9-10H2,(H,22,23,26). The Labute approximate surface area is 188 Å². The summed E-state index contributed by atoms with van der Waals surface area (Å²) >= 11 is 13.4. The number of rotatable bonds is 5. The molecule has 2 saturated heterocycles. The van der Waals surface area contributed by atoms with Gasteiger partial charge >= 0.3 is 0 Å². The van der Waals surface area contributed by atoms with E-state index in [1.54, 1.807) is 17.2 Å². The van der Waals surface area contributed by atoms with Gasteiger partial charge in [-0.3, -0.25) is 9.59 Å². The minimum Gasteiger partial charge on any atom is -0.338 e. The number of benzene rings is 1. The Morgan fingerprint density at radius 3 is 2.67 bits per heavy atom. The highest BCUT2D eigenvalue weighted by molar-refractivity contribution is 7.91. The number of sulfone groups is 1.